The molecule has 0 saturated heterocycles. The lowest BCUT2D eigenvalue weighted by Crippen LogP contribution is -2.29. The lowest BCUT2D eigenvalue weighted by molar-refractivity contribution is -0.114. The van der Waals surface area contributed by atoms with E-state index in [9.17, 15) is 9.59 Å². The van der Waals surface area contributed by atoms with Gasteiger partial charge in [0.2, 0.25) is 5.89 Å². The van der Waals surface area contributed by atoms with E-state index in [0.29, 0.717) is 23.0 Å². The number of nitrogens with zero attached hydrogens (tertiary/aromatic N) is 3. The van der Waals surface area contributed by atoms with Gasteiger partial charge in [-0.3, -0.25) is 14.5 Å². The van der Waals surface area contributed by atoms with E-state index in [1.165, 1.54) is 4.90 Å². The summed E-state index contributed by atoms with van der Waals surface area (Å²) in [5.74, 6) is -0.0570. The van der Waals surface area contributed by atoms with Gasteiger partial charge in [0.1, 0.15) is 6.54 Å². The Morgan fingerprint density at radius 1 is 1.33 bits per heavy atom. The van der Waals surface area contributed by atoms with Gasteiger partial charge in [-0.05, 0) is 18.2 Å². The highest BCUT2D eigenvalue weighted by Crippen LogP contribution is 2.32. The van der Waals surface area contributed by atoms with Gasteiger partial charge in [-0.1, -0.05) is 34.9 Å². The van der Waals surface area contributed by atoms with E-state index < -0.39 is 11.7 Å². The van der Waals surface area contributed by atoms with Gasteiger partial charge in [0.15, 0.2) is 5.82 Å². The molecule has 1 aliphatic heterocycles. The van der Waals surface area contributed by atoms with Crippen molar-refractivity contribution in [2.24, 2.45) is 0 Å². The maximum Gasteiger partial charge on any atom is 0.299 e. The standard InChI is InChI=1S/C14H12BrN3O3/c1-7(2)13-16-11(21-17-13)6-18-10-5-8(15)3-4-9(10)12(19)14(18)20/h3-5,7H,6H2,1-2H3. The zero-order chi connectivity index (χ0) is 15.1. The summed E-state index contributed by atoms with van der Waals surface area (Å²) in [7, 11) is 0. The SMILES string of the molecule is CC(C)c1noc(CN2C(=O)C(=O)c3ccc(Br)cc32)n1. The van der Waals surface area contributed by atoms with Gasteiger partial charge in [0.05, 0.1) is 11.3 Å². The molecule has 0 unspecified atom stereocenters. The quantitative estimate of drug-likeness (QED) is 0.796. The first-order valence-corrected chi connectivity index (χ1v) is 7.25. The third-order valence-corrected chi connectivity index (χ3v) is 3.72. The smallest absolute Gasteiger partial charge is 0.299 e. The Hall–Kier alpha value is -2.02. The van der Waals surface area contributed by atoms with Crippen LogP contribution in [0.4, 0.5) is 5.69 Å². The van der Waals surface area contributed by atoms with Crippen molar-refractivity contribution in [1.29, 1.82) is 0 Å². The summed E-state index contributed by atoms with van der Waals surface area (Å²) >= 11 is 3.34. The monoisotopic (exact) mass is 349 g/mol. The highest BCUT2D eigenvalue weighted by molar-refractivity contribution is 9.10. The third kappa shape index (κ3) is 2.37. The molecule has 0 spiro atoms. The number of carbonyl (C=O) groups excluding carboxylic acids is 2. The van der Waals surface area contributed by atoms with E-state index in [2.05, 4.69) is 26.1 Å². The summed E-state index contributed by atoms with van der Waals surface area (Å²) in [6.07, 6.45) is 0. The molecule has 108 valence electrons. The van der Waals surface area contributed by atoms with Crippen molar-refractivity contribution in [2.45, 2.75) is 26.3 Å². The van der Waals surface area contributed by atoms with Crippen LogP contribution in [-0.4, -0.2) is 21.8 Å². The first-order valence-electron chi connectivity index (χ1n) is 6.45. The number of ketones is 1. The predicted molar refractivity (Wildman–Crippen MR) is 78.0 cm³/mol. The van der Waals surface area contributed by atoms with Crippen LogP contribution in [0.2, 0.25) is 0 Å². The van der Waals surface area contributed by atoms with Crippen LogP contribution >= 0.6 is 15.9 Å². The molecule has 1 amide bonds. The number of fused-ring (bicyclic) bond motifs is 1. The molecule has 1 aromatic carbocycles. The van der Waals surface area contributed by atoms with Crippen LogP contribution in [0.15, 0.2) is 27.2 Å². The molecular formula is C14H12BrN3O3. The molecule has 0 fully saturated rings. The predicted octanol–water partition coefficient (Wildman–Crippen LogP) is 2.69. The van der Waals surface area contributed by atoms with Gasteiger partial charge in [0, 0.05) is 10.4 Å². The van der Waals surface area contributed by atoms with Crippen LogP contribution in [0.1, 0.15) is 41.8 Å². The molecule has 1 aromatic heterocycles. The first kappa shape index (κ1) is 13.9. The Labute approximate surface area is 129 Å². The molecule has 0 N–H and O–H groups in total. The van der Waals surface area contributed by atoms with Gasteiger partial charge in [-0.2, -0.15) is 4.98 Å². The molecule has 6 nitrogen and oxygen atoms in total. The van der Waals surface area contributed by atoms with E-state index in [-0.39, 0.29) is 12.5 Å². The van der Waals surface area contributed by atoms with E-state index in [1.807, 2.05) is 13.8 Å². The number of hydrogen-bond acceptors (Lipinski definition) is 5. The topological polar surface area (TPSA) is 76.3 Å². The molecule has 0 atom stereocenters. The van der Waals surface area contributed by atoms with Crippen LogP contribution in [0.3, 0.4) is 0 Å². The second-order valence-electron chi connectivity index (χ2n) is 5.08. The minimum atomic E-state index is -0.576. The average molecular weight is 350 g/mol. The second-order valence-corrected chi connectivity index (χ2v) is 6.00. The van der Waals surface area contributed by atoms with Crippen LogP contribution in [0.5, 0.6) is 0 Å². The Morgan fingerprint density at radius 2 is 2.10 bits per heavy atom. The van der Waals surface area contributed by atoms with Crippen LogP contribution in [0.25, 0.3) is 0 Å². The molecule has 1 aliphatic rings. The van der Waals surface area contributed by atoms with Crippen molar-refractivity contribution < 1.29 is 14.1 Å². The molecule has 7 heteroatoms. The molecule has 0 radical (unpaired) electrons. The minimum Gasteiger partial charge on any atom is -0.337 e. The number of carbonyl (C=O) groups is 2. The number of benzene rings is 1. The van der Waals surface area contributed by atoms with E-state index in [4.69, 9.17) is 4.52 Å². The molecule has 21 heavy (non-hydrogen) atoms. The van der Waals surface area contributed by atoms with E-state index >= 15 is 0 Å². The fourth-order valence-corrected chi connectivity index (χ4v) is 2.48. The molecular weight excluding hydrogens is 338 g/mol. The first-order chi connectivity index (χ1) is 9.97. The minimum absolute atomic E-state index is 0.0910. The van der Waals surface area contributed by atoms with E-state index in [0.717, 1.165) is 4.47 Å². The summed E-state index contributed by atoms with van der Waals surface area (Å²) in [4.78, 5) is 29.6. The Balaban J connectivity index is 1.94. The largest absolute Gasteiger partial charge is 0.337 e. The van der Waals surface area contributed by atoms with Crippen molar-refractivity contribution in [2.75, 3.05) is 4.90 Å². The number of rotatable bonds is 3. The number of amides is 1. The fraction of sp³-hybridized carbons (Fsp3) is 0.286. The normalized spacial score (nSPS) is 14.2. The second kappa shape index (κ2) is 5.07. The molecule has 0 saturated carbocycles. The van der Waals surface area contributed by atoms with Crippen molar-refractivity contribution in [1.82, 2.24) is 10.1 Å². The maximum absolute atomic E-state index is 12.1. The van der Waals surface area contributed by atoms with Gasteiger partial charge in [0.25, 0.3) is 11.7 Å². The lowest BCUT2D eigenvalue weighted by atomic mass is 10.1. The Kier molecular flexibility index (Phi) is 3.36. The molecule has 0 aliphatic carbocycles. The molecule has 2 aromatic rings. The summed E-state index contributed by atoms with van der Waals surface area (Å²) in [6.45, 7) is 3.99. The summed E-state index contributed by atoms with van der Waals surface area (Å²) in [6, 6.07) is 5.10. The molecule has 3 rings (SSSR count). The third-order valence-electron chi connectivity index (χ3n) is 3.23. The van der Waals surface area contributed by atoms with Gasteiger partial charge >= 0.3 is 0 Å². The summed E-state index contributed by atoms with van der Waals surface area (Å²) in [5, 5.41) is 3.86. The fourth-order valence-electron chi connectivity index (χ4n) is 2.13. The summed E-state index contributed by atoms with van der Waals surface area (Å²) < 4.78 is 5.93. The van der Waals surface area contributed by atoms with Crippen molar-refractivity contribution in [3.63, 3.8) is 0 Å². The number of anilines is 1. The van der Waals surface area contributed by atoms with Crippen molar-refractivity contribution in [3.8, 4) is 0 Å². The lowest BCUT2D eigenvalue weighted by Gasteiger charge is -2.13. The van der Waals surface area contributed by atoms with Gasteiger partial charge in [-0.15, -0.1) is 0 Å². The number of hydrogen-bond donors (Lipinski definition) is 0. The summed E-state index contributed by atoms with van der Waals surface area (Å²) in [5.41, 5.74) is 0.954. The number of Topliss-reactive ketones (excluding diaryl/α,β-unsaturated/α-hetero) is 1. The van der Waals surface area contributed by atoms with Gasteiger partial charge in [-0.25, -0.2) is 0 Å². The van der Waals surface area contributed by atoms with Crippen molar-refractivity contribution >= 4 is 33.3 Å². The van der Waals surface area contributed by atoms with Gasteiger partial charge < -0.3 is 4.52 Å². The Morgan fingerprint density at radius 3 is 2.76 bits per heavy atom. The molecule has 0 bridgehead atoms. The average Bonchev–Trinajstić information content (AvgIpc) is 2.99. The van der Waals surface area contributed by atoms with Crippen LogP contribution in [0, 0.1) is 0 Å². The van der Waals surface area contributed by atoms with Crippen LogP contribution in [-0.2, 0) is 11.3 Å². The zero-order valence-electron chi connectivity index (χ0n) is 11.5. The Bertz CT molecular complexity index is 739. The zero-order valence-corrected chi connectivity index (χ0v) is 13.0. The maximum atomic E-state index is 12.1. The highest BCUT2D eigenvalue weighted by Gasteiger charge is 2.36. The number of aromatic nitrogens is 2. The van der Waals surface area contributed by atoms with E-state index in [1.54, 1.807) is 18.2 Å². The molecule has 2 heterocycles. The highest BCUT2D eigenvalue weighted by atomic mass is 79.9. The number of halogens is 1. The van der Waals surface area contributed by atoms with Crippen LogP contribution < -0.4 is 4.90 Å². The van der Waals surface area contributed by atoms with Crippen molar-refractivity contribution in [3.05, 3.63) is 40.0 Å².